The third-order valence-corrected chi connectivity index (χ3v) is 4.02. The van der Waals surface area contributed by atoms with Crippen LogP contribution >= 0.6 is 0 Å². The summed E-state index contributed by atoms with van der Waals surface area (Å²) in [4.78, 5) is 0. The Balaban J connectivity index is 4.29. The van der Waals surface area contributed by atoms with Crippen molar-refractivity contribution in [2.45, 2.75) is 87.5 Å². The Morgan fingerprint density at radius 2 is 0.737 bits per heavy atom. The monoisotopic (exact) mass is 268 g/mol. The molecule has 2 unspecified atom stereocenters. The van der Waals surface area contributed by atoms with Crippen LogP contribution in [0.25, 0.3) is 0 Å². The van der Waals surface area contributed by atoms with E-state index < -0.39 is 0 Å². The van der Waals surface area contributed by atoms with Crippen molar-refractivity contribution in [2.24, 2.45) is 35.5 Å². The van der Waals surface area contributed by atoms with E-state index in [1.54, 1.807) is 0 Å². The average molecular weight is 269 g/mol. The first kappa shape index (κ1) is 19.0. The van der Waals surface area contributed by atoms with Gasteiger partial charge in [-0.25, -0.2) is 0 Å². The first-order valence-corrected chi connectivity index (χ1v) is 8.70. The zero-order valence-corrected chi connectivity index (χ0v) is 15.0. The minimum Gasteiger partial charge on any atom is -0.0628 e. The van der Waals surface area contributed by atoms with Crippen LogP contribution in [0.15, 0.2) is 0 Å². The van der Waals surface area contributed by atoms with Gasteiger partial charge < -0.3 is 0 Å². The van der Waals surface area contributed by atoms with Gasteiger partial charge in [-0.3, -0.25) is 0 Å². The topological polar surface area (TPSA) is 0 Å². The molecule has 0 heterocycles. The fourth-order valence-corrected chi connectivity index (χ4v) is 3.90. The SMILES string of the molecule is CC(C)CC(C)CC(CC(C)C)CC(C)CC(C)C. The van der Waals surface area contributed by atoms with Crippen LogP contribution < -0.4 is 0 Å². The molecule has 0 spiro atoms. The summed E-state index contributed by atoms with van der Waals surface area (Å²) < 4.78 is 0. The summed E-state index contributed by atoms with van der Waals surface area (Å²) in [5, 5.41) is 0. The number of hydrogen-bond donors (Lipinski definition) is 0. The van der Waals surface area contributed by atoms with E-state index in [4.69, 9.17) is 0 Å². The molecule has 0 saturated carbocycles. The van der Waals surface area contributed by atoms with Crippen molar-refractivity contribution in [3.05, 3.63) is 0 Å². The van der Waals surface area contributed by atoms with Crippen molar-refractivity contribution in [1.29, 1.82) is 0 Å². The van der Waals surface area contributed by atoms with Crippen LogP contribution in [0.4, 0.5) is 0 Å². The molecule has 0 rings (SSSR count). The standard InChI is InChI=1S/C19H40/c1-14(2)9-17(7)12-19(11-16(5)6)13-18(8)10-15(3)4/h14-19H,9-13H2,1-8H3. The molecule has 0 aromatic rings. The third-order valence-electron chi connectivity index (χ3n) is 4.02. The number of hydrogen-bond acceptors (Lipinski definition) is 0. The fraction of sp³-hybridized carbons (Fsp3) is 1.00. The minimum absolute atomic E-state index is 0.850. The molecule has 0 amide bonds. The van der Waals surface area contributed by atoms with Gasteiger partial charge in [0.2, 0.25) is 0 Å². The summed E-state index contributed by atoms with van der Waals surface area (Å²) in [5.74, 6) is 5.29. The predicted octanol–water partition coefficient (Wildman–Crippen LogP) is 6.79. The van der Waals surface area contributed by atoms with E-state index in [2.05, 4.69) is 55.4 Å². The Morgan fingerprint density at radius 1 is 0.421 bits per heavy atom. The highest BCUT2D eigenvalue weighted by atomic mass is 14.2. The molecule has 0 N–H and O–H groups in total. The second-order valence-electron chi connectivity index (χ2n) is 8.44. The smallest absolute Gasteiger partial charge is 0.0407 e. The first-order valence-electron chi connectivity index (χ1n) is 8.70. The lowest BCUT2D eigenvalue weighted by atomic mass is 9.79. The van der Waals surface area contributed by atoms with Gasteiger partial charge in [0.25, 0.3) is 0 Å². The van der Waals surface area contributed by atoms with Gasteiger partial charge in [-0.1, -0.05) is 55.4 Å². The van der Waals surface area contributed by atoms with Crippen molar-refractivity contribution in [1.82, 2.24) is 0 Å². The van der Waals surface area contributed by atoms with E-state index in [0.717, 1.165) is 35.5 Å². The van der Waals surface area contributed by atoms with Gasteiger partial charge in [0.05, 0.1) is 0 Å². The van der Waals surface area contributed by atoms with Crippen LogP contribution in [0.5, 0.6) is 0 Å². The molecule has 2 atom stereocenters. The summed E-state index contributed by atoms with van der Waals surface area (Å²) >= 11 is 0. The zero-order valence-electron chi connectivity index (χ0n) is 15.0. The van der Waals surface area contributed by atoms with Gasteiger partial charge in [-0.05, 0) is 67.6 Å². The molecule has 0 aliphatic heterocycles. The summed E-state index contributed by atoms with van der Waals surface area (Å²) in [7, 11) is 0. The van der Waals surface area contributed by atoms with E-state index in [0.29, 0.717) is 0 Å². The molecular formula is C19H40. The van der Waals surface area contributed by atoms with Gasteiger partial charge in [-0.15, -0.1) is 0 Å². The highest BCUT2D eigenvalue weighted by Crippen LogP contribution is 2.31. The Hall–Kier alpha value is 0. The van der Waals surface area contributed by atoms with E-state index in [1.807, 2.05) is 0 Å². The average Bonchev–Trinajstić information content (AvgIpc) is 2.11. The molecule has 0 heteroatoms. The van der Waals surface area contributed by atoms with Gasteiger partial charge in [0.1, 0.15) is 0 Å². The van der Waals surface area contributed by atoms with Crippen molar-refractivity contribution in [2.75, 3.05) is 0 Å². The maximum absolute atomic E-state index is 2.46. The van der Waals surface area contributed by atoms with Crippen molar-refractivity contribution >= 4 is 0 Å². The quantitative estimate of drug-likeness (QED) is 0.409. The largest absolute Gasteiger partial charge is 0.0628 e. The second-order valence-corrected chi connectivity index (χ2v) is 8.44. The lowest BCUT2D eigenvalue weighted by Crippen LogP contribution is -2.15. The van der Waals surface area contributed by atoms with Crippen LogP contribution in [0.1, 0.15) is 87.5 Å². The van der Waals surface area contributed by atoms with Gasteiger partial charge in [-0.2, -0.15) is 0 Å². The molecular weight excluding hydrogens is 228 g/mol. The lowest BCUT2D eigenvalue weighted by Gasteiger charge is -2.27. The molecule has 0 nitrogen and oxygen atoms in total. The summed E-state index contributed by atoms with van der Waals surface area (Å²) in [5.41, 5.74) is 0. The van der Waals surface area contributed by atoms with Crippen molar-refractivity contribution in [3.63, 3.8) is 0 Å². The van der Waals surface area contributed by atoms with Crippen LogP contribution in [0.2, 0.25) is 0 Å². The van der Waals surface area contributed by atoms with E-state index in [-0.39, 0.29) is 0 Å². The normalized spacial score (nSPS) is 17.2. The van der Waals surface area contributed by atoms with Crippen molar-refractivity contribution < 1.29 is 0 Å². The molecule has 0 aliphatic rings. The van der Waals surface area contributed by atoms with E-state index in [9.17, 15) is 0 Å². The lowest BCUT2D eigenvalue weighted by molar-refractivity contribution is 0.248. The van der Waals surface area contributed by atoms with Crippen LogP contribution in [0.3, 0.4) is 0 Å². The molecule has 0 aliphatic carbocycles. The zero-order chi connectivity index (χ0) is 15.0. The van der Waals surface area contributed by atoms with Gasteiger partial charge in [0.15, 0.2) is 0 Å². The molecule has 0 radical (unpaired) electrons. The Labute approximate surface area is 123 Å². The molecule has 0 saturated heterocycles. The van der Waals surface area contributed by atoms with E-state index in [1.165, 1.54) is 32.1 Å². The molecule has 116 valence electrons. The summed E-state index contributed by atoms with van der Waals surface area (Å²) in [6, 6.07) is 0. The highest BCUT2D eigenvalue weighted by Gasteiger charge is 2.19. The number of rotatable bonds is 10. The van der Waals surface area contributed by atoms with Crippen LogP contribution in [-0.4, -0.2) is 0 Å². The maximum Gasteiger partial charge on any atom is -0.0407 e. The maximum atomic E-state index is 2.46. The molecule has 0 aromatic carbocycles. The molecule has 19 heavy (non-hydrogen) atoms. The minimum atomic E-state index is 0.850. The van der Waals surface area contributed by atoms with Gasteiger partial charge in [0, 0.05) is 0 Å². The van der Waals surface area contributed by atoms with E-state index >= 15 is 0 Å². The fourth-order valence-electron chi connectivity index (χ4n) is 3.90. The molecule has 0 aromatic heterocycles. The Bertz CT molecular complexity index is 184. The Kier molecular flexibility index (Phi) is 9.83. The highest BCUT2D eigenvalue weighted by molar-refractivity contribution is 4.70. The second kappa shape index (κ2) is 9.83. The first-order chi connectivity index (χ1) is 8.70. The molecule has 0 bridgehead atoms. The summed E-state index contributed by atoms with van der Waals surface area (Å²) in [6.07, 6.45) is 7.10. The van der Waals surface area contributed by atoms with Gasteiger partial charge >= 0.3 is 0 Å². The third kappa shape index (κ3) is 11.5. The predicted molar refractivity (Wildman–Crippen MR) is 89.4 cm³/mol. The van der Waals surface area contributed by atoms with Crippen LogP contribution in [0, 0.1) is 35.5 Å². The van der Waals surface area contributed by atoms with Crippen LogP contribution in [-0.2, 0) is 0 Å². The molecule has 0 fully saturated rings. The summed E-state index contributed by atoms with van der Waals surface area (Å²) in [6.45, 7) is 19.1. The Morgan fingerprint density at radius 3 is 1.00 bits per heavy atom. The van der Waals surface area contributed by atoms with Crippen molar-refractivity contribution in [3.8, 4) is 0 Å².